The van der Waals surface area contributed by atoms with Crippen molar-refractivity contribution in [1.29, 1.82) is 5.26 Å². The Morgan fingerprint density at radius 3 is 2.52 bits per heavy atom. The molecule has 3 aromatic rings. The van der Waals surface area contributed by atoms with Gasteiger partial charge in [-0.2, -0.15) is 5.26 Å². The maximum atomic E-state index is 12.7. The molecule has 0 aliphatic rings. The van der Waals surface area contributed by atoms with Crippen LogP contribution in [0.4, 0.5) is 0 Å². The van der Waals surface area contributed by atoms with Gasteiger partial charge in [-0.3, -0.25) is 19.0 Å². The van der Waals surface area contributed by atoms with Crippen LogP contribution in [0.15, 0.2) is 35.1 Å². The molecule has 27 heavy (non-hydrogen) atoms. The molecule has 0 saturated carbocycles. The summed E-state index contributed by atoms with van der Waals surface area (Å²) >= 11 is 12.6. The molecular formula is C17H10Cl2N4O4. The summed E-state index contributed by atoms with van der Waals surface area (Å²) in [6.45, 7) is -0.677. The average molecular weight is 405 g/mol. The van der Waals surface area contributed by atoms with E-state index in [2.05, 4.69) is 10.3 Å². The number of aromatic nitrogens is 2. The van der Waals surface area contributed by atoms with E-state index in [0.717, 1.165) is 0 Å². The van der Waals surface area contributed by atoms with Crippen molar-refractivity contribution in [3.05, 3.63) is 62.1 Å². The zero-order valence-electron chi connectivity index (χ0n) is 13.4. The molecule has 0 fully saturated rings. The van der Waals surface area contributed by atoms with Crippen LogP contribution in [-0.4, -0.2) is 33.1 Å². The standard InChI is InChI=1S/C17H10Cl2N4O4/c18-12-11-9(6-20)13(16(26)21-7-10(24)25)22-17(27)14(11)23(15(12)19)8-4-2-1-3-5-8/h1-5H,7H2,(H,21,26)(H,22,27)(H,24,25). The van der Waals surface area contributed by atoms with Gasteiger partial charge in [0.25, 0.3) is 11.5 Å². The normalized spacial score (nSPS) is 10.6. The highest BCUT2D eigenvalue weighted by atomic mass is 35.5. The minimum absolute atomic E-state index is 0.00235. The first-order chi connectivity index (χ1) is 12.9. The van der Waals surface area contributed by atoms with Gasteiger partial charge >= 0.3 is 5.97 Å². The lowest BCUT2D eigenvalue weighted by atomic mass is 10.1. The quantitative estimate of drug-likeness (QED) is 0.614. The predicted molar refractivity (Wildman–Crippen MR) is 98.6 cm³/mol. The Bertz CT molecular complexity index is 1180. The molecule has 0 radical (unpaired) electrons. The number of rotatable bonds is 4. The van der Waals surface area contributed by atoms with Crippen LogP contribution in [0.1, 0.15) is 16.1 Å². The maximum Gasteiger partial charge on any atom is 0.322 e. The summed E-state index contributed by atoms with van der Waals surface area (Å²) in [5.74, 6) is -2.20. The van der Waals surface area contributed by atoms with E-state index in [-0.39, 0.29) is 32.3 Å². The number of H-pyrrole nitrogens is 1. The van der Waals surface area contributed by atoms with Crippen LogP contribution in [0.25, 0.3) is 16.6 Å². The minimum atomic E-state index is -1.28. The Hall–Kier alpha value is -3.28. The van der Waals surface area contributed by atoms with Gasteiger partial charge in [0.05, 0.1) is 10.6 Å². The average Bonchev–Trinajstić information content (AvgIpc) is 2.92. The molecule has 0 saturated heterocycles. The molecular weight excluding hydrogens is 395 g/mol. The molecule has 2 heterocycles. The summed E-state index contributed by atoms with van der Waals surface area (Å²) in [4.78, 5) is 37.8. The molecule has 0 aliphatic heterocycles. The number of amides is 1. The van der Waals surface area contributed by atoms with E-state index in [1.807, 2.05) is 6.07 Å². The second-order valence-electron chi connectivity index (χ2n) is 5.39. The molecule has 3 N–H and O–H groups in total. The van der Waals surface area contributed by atoms with Crippen molar-refractivity contribution in [2.45, 2.75) is 0 Å². The number of carbonyl (C=O) groups excluding carboxylic acids is 1. The second kappa shape index (κ2) is 7.15. The Kier molecular flexibility index (Phi) is 4.90. The Balaban J connectivity index is 2.33. The fourth-order valence-corrected chi connectivity index (χ4v) is 3.21. The van der Waals surface area contributed by atoms with Crippen molar-refractivity contribution in [2.24, 2.45) is 0 Å². The number of pyridine rings is 1. The van der Waals surface area contributed by atoms with Gasteiger partial charge in [-0.25, -0.2) is 0 Å². The number of carboxylic acid groups (broad SMARTS) is 1. The van der Waals surface area contributed by atoms with E-state index in [0.29, 0.717) is 5.69 Å². The summed E-state index contributed by atoms with van der Waals surface area (Å²) < 4.78 is 1.37. The van der Waals surface area contributed by atoms with Crippen molar-refractivity contribution < 1.29 is 14.7 Å². The van der Waals surface area contributed by atoms with Crippen molar-refractivity contribution in [3.63, 3.8) is 0 Å². The number of aliphatic carboxylic acids is 1. The number of hydrogen-bond acceptors (Lipinski definition) is 4. The monoisotopic (exact) mass is 404 g/mol. The van der Waals surface area contributed by atoms with Crippen LogP contribution in [0.2, 0.25) is 10.2 Å². The van der Waals surface area contributed by atoms with Crippen LogP contribution < -0.4 is 10.9 Å². The molecule has 2 aromatic heterocycles. The van der Waals surface area contributed by atoms with Gasteiger partial charge in [-0.15, -0.1) is 0 Å². The third-order valence-electron chi connectivity index (χ3n) is 3.76. The van der Waals surface area contributed by atoms with Crippen molar-refractivity contribution >= 4 is 46.0 Å². The number of benzene rings is 1. The van der Waals surface area contributed by atoms with Crippen molar-refractivity contribution in [1.82, 2.24) is 14.9 Å². The van der Waals surface area contributed by atoms with E-state index in [1.165, 1.54) is 4.57 Å². The lowest BCUT2D eigenvalue weighted by molar-refractivity contribution is -0.135. The number of fused-ring (bicyclic) bond motifs is 1. The fourth-order valence-electron chi connectivity index (χ4n) is 2.66. The van der Waals surface area contributed by atoms with Crippen LogP contribution in [0, 0.1) is 11.3 Å². The zero-order chi connectivity index (χ0) is 19.7. The van der Waals surface area contributed by atoms with E-state index in [1.54, 1.807) is 30.3 Å². The van der Waals surface area contributed by atoms with Gasteiger partial charge in [-0.1, -0.05) is 41.4 Å². The molecule has 0 atom stereocenters. The highest BCUT2D eigenvalue weighted by molar-refractivity contribution is 6.46. The molecule has 0 unspecified atom stereocenters. The first kappa shape index (κ1) is 18.5. The number of halogens is 2. The molecule has 0 aliphatic carbocycles. The predicted octanol–water partition coefficient (Wildman–Crippen LogP) is 2.31. The third-order valence-corrected chi connectivity index (χ3v) is 4.59. The number of carbonyl (C=O) groups is 2. The highest BCUT2D eigenvalue weighted by Crippen LogP contribution is 2.37. The van der Waals surface area contributed by atoms with Crippen LogP contribution in [0.5, 0.6) is 0 Å². The molecule has 0 bridgehead atoms. The summed E-state index contributed by atoms with van der Waals surface area (Å²) in [5, 5.41) is 20.3. The molecule has 3 rings (SSSR count). The Morgan fingerprint density at radius 1 is 1.26 bits per heavy atom. The van der Waals surface area contributed by atoms with E-state index in [4.69, 9.17) is 28.3 Å². The lowest BCUT2D eigenvalue weighted by Crippen LogP contribution is -2.32. The van der Waals surface area contributed by atoms with Gasteiger partial charge in [0.1, 0.15) is 29.0 Å². The van der Waals surface area contributed by atoms with Crippen molar-refractivity contribution in [3.8, 4) is 11.8 Å². The van der Waals surface area contributed by atoms with Crippen molar-refractivity contribution in [2.75, 3.05) is 6.54 Å². The number of para-hydroxylation sites is 1. The summed E-state index contributed by atoms with van der Waals surface area (Å²) in [7, 11) is 0. The smallest absolute Gasteiger partial charge is 0.322 e. The molecule has 10 heteroatoms. The number of nitrogens with one attached hydrogen (secondary N) is 2. The summed E-state index contributed by atoms with van der Waals surface area (Å²) in [6, 6.07) is 10.5. The minimum Gasteiger partial charge on any atom is -0.480 e. The fraction of sp³-hybridized carbons (Fsp3) is 0.0588. The van der Waals surface area contributed by atoms with Crippen LogP contribution in [0.3, 0.4) is 0 Å². The molecule has 8 nitrogen and oxygen atoms in total. The van der Waals surface area contributed by atoms with Gasteiger partial charge < -0.3 is 15.4 Å². The maximum absolute atomic E-state index is 12.7. The molecule has 136 valence electrons. The zero-order valence-corrected chi connectivity index (χ0v) is 14.9. The number of hydrogen-bond donors (Lipinski definition) is 3. The van der Waals surface area contributed by atoms with E-state index >= 15 is 0 Å². The molecule has 1 amide bonds. The topological polar surface area (TPSA) is 128 Å². The van der Waals surface area contributed by atoms with E-state index < -0.39 is 24.0 Å². The Morgan fingerprint density at radius 2 is 1.93 bits per heavy atom. The van der Waals surface area contributed by atoms with Gasteiger partial charge in [-0.05, 0) is 12.1 Å². The number of aromatic amines is 1. The van der Waals surface area contributed by atoms with Crippen LogP contribution in [-0.2, 0) is 4.79 Å². The summed E-state index contributed by atoms with van der Waals surface area (Å²) in [5.41, 5.74) is -0.768. The second-order valence-corrected chi connectivity index (χ2v) is 6.13. The lowest BCUT2D eigenvalue weighted by Gasteiger charge is -2.08. The molecule has 1 aromatic carbocycles. The Labute approximate surface area is 161 Å². The van der Waals surface area contributed by atoms with Gasteiger partial charge in [0.2, 0.25) is 0 Å². The molecule has 0 spiro atoms. The van der Waals surface area contributed by atoms with Gasteiger partial charge in [0.15, 0.2) is 0 Å². The third kappa shape index (κ3) is 3.14. The first-order valence-electron chi connectivity index (χ1n) is 7.48. The van der Waals surface area contributed by atoms with Gasteiger partial charge in [0, 0.05) is 11.1 Å². The number of carboxylic acids is 1. The highest BCUT2D eigenvalue weighted by Gasteiger charge is 2.26. The first-order valence-corrected chi connectivity index (χ1v) is 8.23. The SMILES string of the molecule is N#Cc1c(C(=O)NCC(=O)O)[nH]c(=O)c2c1c(Cl)c(Cl)n2-c1ccccc1. The number of nitrogens with zero attached hydrogens (tertiary/aromatic N) is 2. The van der Waals surface area contributed by atoms with Crippen LogP contribution >= 0.6 is 23.2 Å². The van der Waals surface area contributed by atoms with E-state index in [9.17, 15) is 19.6 Å². The number of nitriles is 1. The largest absolute Gasteiger partial charge is 0.480 e. The summed E-state index contributed by atoms with van der Waals surface area (Å²) in [6.07, 6.45) is 0.